The summed E-state index contributed by atoms with van der Waals surface area (Å²) in [6.45, 7) is 16.0. The molecule has 14 heteroatoms. The zero-order valence-electron chi connectivity index (χ0n) is 39.5. The molecule has 0 aliphatic carbocycles. The number of nitrogens with one attached hydrogen (secondary N) is 3. The van der Waals surface area contributed by atoms with Crippen molar-refractivity contribution in [1.29, 1.82) is 0 Å². The van der Waals surface area contributed by atoms with E-state index in [-0.39, 0.29) is 37.4 Å². The van der Waals surface area contributed by atoms with Crippen molar-refractivity contribution >= 4 is 34.8 Å². The molecule has 350 valence electrons. The van der Waals surface area contributed by atoms with E-state index in [1.54, 1.807) is 48.0 Å². The van der Waals surface area contributed by atoms with Crippen molar-refractivity contribution in [2.75, 3.05) is 19.6 Å². The van der Waals surface area contributed by atoms with E-state index < -0.39 is 47.2 Å². The van der Waals surface area contributed by atoms with Crippen LogP contribution in [-0.4, -0.2) is 103 Å². The van der Waals surface area contributed by atoms with Gasteiger partial charge in [0.15, 0.2) is 0 Å². The van der Waals surface area contributed by atoms with Gasteiger partial charge in [0, 0.05) is 56.1 Å². The number of aliphatic hydroxyl groups is 1. The summed E-state index contributed by atoms with van der Waals surface area (Å²) in [5.74, 6) is -1.09. The van der Waals surface area contributed by atoms with Crippen molar-refractivity contribution in [3.8, 4) is 11.3 Å². The lowest BCUT2D eigenvalue weighted by Crippen LogP contribution is -2.60. The van der Waals surface area contributed by atoms with Crippen molar-refractivity contribution in [3.05, 3.63) is 132 Å². The fourth-order valence-corrected chi connectivity index (χ4v) is 8.21. The Bertz CT molecular complexity index is 2400. The zero-order chi connectivity index (χ0) is 47.6. The summed E-state index contributed by atoms with van der Waals surface area (Å²) >= 11 is 0. The number of ether oxygens (including phenoxy) is 1. The molecule has 66 heavy (non-hydrogen) atoms. The monoisotopic (exact) mass is 899 g/mol. The van der Waals surface area contributed by atoms with E-state index in [0.717, 1.165) is 38.9 Å². The molecule has 5 unspecified atom stereocenters. The van der Waals surface area contributed by atoms with Crippen LogP contribution in [0.2, 0.25) is 0 Å². The number of carbonyl (C=O) groups excluding carboxylic acids is 4. The Kier molecular flexibility index (Phi) is 16.2. The van der Waals surface area contributed by atoms with Gasteiger partial charge in [0.2, 0.25) is 5.91 Å². The molecule has 2 aromatic heterocycles. The number of alkyl carbamates (subject to hydrolysis) is 1. The Morgan fingerprint density at radius 3 is 2.17 bits per heavy atom. The molecule has 3 aromatic carbocycles. The summed E-state index contributed by atoms with van der Waals surface area (Å²) in [6.07, 6.45) is 2.42. The SMILES string of the molecule is CCC(C)C(C(=O)NC(Cc1ccccc1)C(O)CN(Cc1ccc(-c2ccccn2)cc1)NC(=O)C(NC(=O)OC(C)(C)C)C(C)(C)C)N1CCN(Cc2ccnc3ccccc23)C1=O. The highest BCUT2D eigenvalue weighted by molar-refractivity contribution is 5.89. The number of rotatable bonds is 18. The quantitative estimate of drug-likeness (QED) is 0.0651. The summed E-state index contributed by atoms with van der Waals surface area (Å²) < 4.78 is 5.53. The fraction of sp³-hybridized carbons (Fsp3) is 0.423. The molecule has 1 aliphatic rings. The number of urea groups is 1. The maximum absolute atomic E-state index is 14.7. The van der Waals surface area contributed by atoms with Crippen molar-refractivity contribution in [3.63, 3.8) is 0 Å². The van der Waals surface area contributed by atoms with Crippen LogP contribution in [-0.2, 0) is 33.8 Å². The minimum Gasteiger partial charge on any atom is -0.444 e. The molecule has 0 radical (unpaired) electrons. The van der Waals surface area contributed by atoms with E-state index >= 15 is 0 Å². The second-order valence-corrected chi connectivity index (χ2v) is 19.3. The molecule has 1 fully saturated rings. The standard InChI is InChI=1S/C52H66N8O6/c1-9-35(2)45(60-30-29-58(50(60)65)33-39-26-28-54-42-21-14-13-19-40(39)42)47(62)55-43(31-36-17-11-10-12-18-36)44(61)34-59(32-37-22-24-38(25-23-37)41-20-15-16-27-53-41)57-48(63)46(51(3,4)5)56-49(64)66-52(6,7)8/h10-28,35,43-46,61H,9,29-34H2,1-8H3,(H,55,62)(H,56,64)(H,57,63). The number of pyridine rings is 2. The predicted molar refractivity (Wildman–Crippen MR) is 256 cm³/mol. The van der Waals surface area contributed by atoms with Crippen LogP contribution in [0.25, 0.3) is 22.2 Å². The topological polar surface area (TPSA) is 169 Å². The Balaban J connectivity index is 1.26. The number of carbonyl (C=O) groups is 4. The van der Waals surface area contributed by atoms with Crippen molar-refractivity contribution in [2.24, 2.45) is 11.3 Å². The van der Waals surface area contributed by atoms with Gasteiger partial charge in [0.05, 0.1) is 23.4 Å². The molecule has 5 atom stereocenters. The maximum Gasteiger partial charge on any atom is 0.408 e. The molecule has 5 aromatic rings. The third kappa shape index (κ3) is 13.1. The molecule has 0 saturated carbocycles. The molecule has 14 nitrogen and oxygen atoms in total. The van der Waals surface area contributed by atoms with Gasteiger partial charge in [-0.15, -0.1) is 0 Å². The maximum atomic E-state index is 14.7. The second kappa shape index (κ2) is 21.7. The summed E-state index contributed by atoms with van der Waals surface area (Å²) in [5.41, 5.74) is 6.73. The number of para-hydroxylation sites is 1. The Morgan fingerprint density at radius 2 is 1.50 bits per heavy atom. The van der Waals surface area contributed by atoms with Crippen LogP contribution in [0.5, 0.6) is 0 Å². The van der Waals surface area contributed by atoms with Crippen LogP contribution >= 0.6 is 0 Å². The van der Waals surface area contributed by atoms with Gasteiger partial charge in [-0.25, -0.2) is 14.6 Å². The number of benzene rings is 3. The number of aliphatic hydroxyl groups excluding tert-OH is 1. The highest BCUT2D eigenvalue weighted by atomic mass is 16.6. The Hall–Kier alpha value is -6.38. The van der Waals surface area contributed by atoms with Gasteiger partial charge in [0.1, 0.15) is 17.7 Å². The first-order valence-electron chi connectivity index (χ1n) is 22.9. The van der Waals surface area contributed by atoms with Crippen LogP contribution < -0.4 is 16.1 Å². The number of hydrogen-bond acceptors (Lipinski definition) is 9. The number of amides is 5. The fourth-order valence-electron chi connectivity index (χ4n) is 8.21. The van der Waals surface area contributed by atoms with Crippen molar-refractivity contribution in [1.82, 2.24) is 40.8 Å². The molecular formula is C52H66N8O6. The van der Waals surface area contributed by atoms with Crippen molar-refractivity contribution in [2.45, 2.75) is 111 Å². The highest BCUT2D eigenvalue weighted by Crippen LogP contribution is 2.26. The van der Waals surface area contributed by atoms with Gasteiger partial charge >= 0.3 is 12.1 Å². The first kappa shape index (κ1) is 49.1. The Labute approximate surface area is 389 Å². The van der Waals surface area contributed by atoms with E-state index in [0.29, 0.717) is 26.1 Å². The lowest BCUT2D eigenvalue weighted by Gasteiger charge is -2.36. The third-order valence-corrected chi connectivity index (χ3v) is 11.9. The van der Waals surface area contributed by atoms with Gasteiger partial charge in [0.25, 0.3) is 5.91 Å². The van der Waals surface area contributed by atoms with E-state index in [1.165, 1.54) is 0 Å². The zero-order valence-corrected chi connectivity index (χ0v) is 39.5. The van der Waals surface area contributed by atoms with Crippen LogP contribution in [0.1, 0.15) is 78.5 Å². The van der Waals surface area contributed by atoms with E-state index in [2.05, 4.69) is 26.0 Å². The Morgan fingerprint density at radius 1 is 0.803 bits per heavy atom. The summed E-state index contributed by atoms with van der Waals surface area (Å²) in [5, 5.41) is 20.9. The summed E-state index contributed by atoms with van der Waals surface area (Å²) in [6, 6.07) is 29.9. The first-order chi connectivity index (χ1) is 31.4. The molecule has 1 aliphatic heterocycles. The van der Waals surface area contributed by atoms with Crippen LogP contribution in [0.3, 0.4) is 0 Å². The molecule has 6 rings (SSSR count). The smallest absolute Gasteiger partial charge is 0.408 e. The minimum absolute atomic E-state index is 0.112. The molecule has 3 heterocycles. The van der Waals surface area contributed by atoms with Gasteiger partial charge in [-0.2, -0.15) is 0 Å². The van der Waals surface area contributed by atoms with Crippen LogP contribution in [0, 0.1) is 11.3 Å². The van der Waals surface area contributed by atoms with Crippen molar-refractivity contribution < 1.29 is 29.0 Å². The van der Waals surface area contributed by atoms with Crippen LogP contribution in [0.15, 0.2) is 116 Å². The van der Waals surface area contributed by atoms with E-state index in [4.69, 9.17) is 4.74 Å². The number of hydrogen-bond donors (Lipinski definition) is 4. The second-order valence-electron chi connectivity index (χ2n) is 19.3. The lowest BCUT2D eigenvalue weighted by atomic mass is 9.86. The predicted octanol–water partition coefficient (Wildman–Crippen LogP) is 7.51. The first-order valence-corrected chi connectivity index (χ1v) is 22.9. The highest BCUT2D eigenvalue weighted by Gasteiger charge is 2.41. The molecule has 0 spiro atoms. The number of nitrogens with zero attached hydrogens (tertiary/aromatic N) is 5. The van der Waals surface area contributed by atoms with Gasteiger partial charge in [-0.3, -0.25) is 25.0 Å². The molecule has 1 saturated heterocycles. The average Bonchev–Trinajstić information content (AvgIpc) is 3.63. The number of fused-ring (bicyclic) bond motifs is 1. The normalized spacial score (nSPS) is 15.5. The molecule has 0 bridgehead atoms. The van der Waals surface area contributed by atoms with Crippen LogP contribution in [0.4, 0.5) is 9.59 Å². The summed E-state index contributed by atoms with van der Waals surface area (Å²) in [4.78, 5) is 68.7. The average molecular weight is 899 g/mol. The van der Waals surface area contributed by atoms with Gasteiger partial charge in [-0.05, 0) is 79.5 Å². The summed E-state index contributed by atoms with van der Waals surface area (Å²) in [7, 11) is 0. The van der Waals surface area contributed by atoms with Gasteiger partial charge in [-0.1, -0.05) is 120 Å². The largest absolute Gasteiger partial charge is 0.444 e. The molecule has 5 amide bonds. The van der Waals surface area contributed by atoms with E-state index in [9.17, 15) is 24.3 Å². The van der Waals surface area contributed by atoms with E-state index in [1.807, 2.05) is 138 Å². The number of aromatic nitrogens is 2. The molecule has 4 N–H and O–H groups in total. The van der Waals surface area contributed by atoms with Gasteiger partial charge < -0.3 is 30.3 Å². The number of hydrazine groups is 1. The third-order valence-electron chi connectivity index (χ3n) is 11.9. The lowest BCUT2D eigenvalue weighted by molar-refractivity contribution is -0.133. The molecular weight excluding hydrogens is 833 g/mol. The minimum atomic E-state index is -1.22.